The Kier molecular flexibility index (Phi) is 4.67. The molecule has 0 bridgehead atoms. The number of hydrogen-bond donors (Lipinski definition) is 0. The van der Waals surface area contributed by atoms with Crippen LogP contribution in [-0.2, 0) is 13.2 Å². The quantitative estimate of drug-likeness (QED) is 0.680. The molecule has 3 aromatic rings. The monoisotopic (exact) mass is 291 g/mol. The van der Waals surface area contributed by atoms with Crippen LogP contribution in [0.3, 0.4) is 0 Å². The maximum atomic E-state index is 5.69. The first-order valence-corrected chi connectivity index (χ1v) is 7.20. The molecule has 0 saturated carbocycles. The summed E-state index contributed by atoms with van der Waals surface area (Å²) < 4.78 is 11.3. The van der Waals surface area contributed by atoms with Gasteiger partial charge in [-0.2, -0.15) is 0 Å². The van der Waals surface area contributed by atoms with Crippen LogP contribution in [0.25, 0.3) is 0 Å². The van der Waals surface area contributed by atoms with Gasteiger partial charge in [0.25, 0.3) is 0 Å². The van der Waals surface area contributed by atoms with Crippen LogP contribution in [0, 0.1) is 0 Å². The van der Waals surface area contributed by atoms with Gasteiger partial charge in [0.05, 0.1) is 6.20 Å². The molecule has 0 atom stereocenters. The second-order valence-electron chi connectivity index (χ2n) is 4.88. The molecule has 0 aliphatic carbocycles. The third-order valence-corrected chi connectivity index (χ3v) is 3.19. The summed E-state index contributed by atoms with van der Waals surface area (Å²) >= 11 is 0. The van der Waals surface area contributed by atoms with E-state index in [1.54, 1.807) is 6.20 Å². The number of nitrogens with zero attached hydrogens (tertiary/aromatic N) is 1. The first kappa shape index (κ1) is 14.1. The number of ether oxygens (including phenoxy) is 2. The molecule has 0 saturated heterocycles. The molecule has 3 rings (SSSR count). The van der Waals surface area contributed by atoms with E-state index in [2.05, 4.69) is 4.98 Å². The number of rotatable bonds is 6. The van der Waals surface area contributed by atoms with Crippen LogP contribution in [0.5, 0.6) is 11.6 Å². The topological polar surface area (TPSA) is 31.4 Å². The van der Waals surface area contributed by atoms with E-state index in [1.807, 2.05) is 72.8 Å². The SMILES string of the molecule is c1ccc(COc2ccc(OCc3ccccc3)nc2)cc1. The van der Waals surface area contributed by atoms with Gasteiger partial charge in [-0.25, -0.2) is 4.98 Å². The largest absolute Gasteiger partial charge is 0.487 e. The molecule has 1 aromatic heterocycles. The fraction of sp³-hybridized carbons (Fsp3) is 0.105. The molecule has 2 aromatic carbocycles. The minimum absolute atomic E-state index is 0.512. The molecule has 22 heavy (non-hydrogen) atoms. The average Bonchev–Trinajstić information content (AvgIpc) is 2.61. The summed E-state index contributed by atoms with van der Waals surface area (Å²) in [5.74, 6) is 1.33. The molecule has 1 heterocycles. The van der Waals surface area contributed by atoms with Crippen LogP contribution in [0.2, 0.25) is 0 Å². The van der Waals surface area contributed by atoms with E-state index in [0.29, 0.717) is 19.1 Å². The summed E-state index contributed by atoms with van der Waals surface area (Å²) in [6, 6.07) is 23.8. The van der Waals surface area contributed by atoms with Crippen molar-refractivity contribution >= 4 is 0 Å². The van der Waals surface area contributed by atoms with Crippen LogP contribution >= 0.6 is 0 Å². The second kappa shape index (κ2) is 7.27. The molecule has 110 valence electrons. The zero-order chi connectivity index (χ0) is 15.0. The van der Waals surface area contributed by atoms with Crippen LogP contribution in [0.4, 0.5) is 0 Å². The first-order valence-electron chi connectivity index (χ1n) is 7.20. The van der Waals surface area contributed by atoms with Crippen LogP contribution < -0.4 is 9.47 Å². The van der Waals surface area contributed by atoms with Gasteiger partial charge in [0, 0.05) is 6.07 Å². The van der Waals surface area contributed by atoms with E-state index in [1.165, 1.54) is 0 Å². The predicted octanol–water partition coefficient (Wildman–Crippen LogP) is 4.24. The van der Waals surface area contributed by atoms with Crippen molar-refractivity contribution in [1.29, 1.82) is 0 Å². The molecule has 3 nitrogen and oxygen atoms in total. The van der Waals surface area contributed by atoms with Crippen molar-refractivity contribution in [3.05, 3.63) is 90.1 Å². The third-order valence-electron chi connectivity index (χ3n) is 3.19. The van der Waals surface area contributed by atoms with Gasteiger partial charge in [0.15, 0.2) is 0 Å². The fourth-order valence-corrected chi connectivity index (χ4v) is 2.01. The zero-order valence-corrected chi connectivity index (χ0v) is 12.2. The van der Waals surface area contributed by atoms with Crippen molar-refractivity contribution < 1.29 is 9.47 Å². The van der Waals surface area contributed by atoms with Gasteiger partial charge in [-0.15, -0.1) is 0 Å². The number of hydrogen-bond acceptors (Lipinski definition) is 3. The van der Waals surface area contributed by atoms with E-state index in [9.17, 15) is 0 Å². The highest BCUT2D eigenvalue weighted by molar-refractivity contribution is 5.24. The molecular weight excluding hydrogens is 274 g/mol. The lowest BCUT2D eigenvalue weighted by molar-refractivity contribution is 0.286. The van der Waals surface area contributed by atoms with E-state index in [0.717, 1.165) is 16.9 Å². The Bertz CT molecular complexity index is 619. The van der Waals surface area contributed by atoms with Crippen molar-refractivity contribution in [2.45, 2.75) is 13.2 Å². The highest BCUT2D eigenvalue weighted by Gasteiger charge is 1.99. The van der Waals surface area contributed by atoms with Gasteiger partial charge in [-0.3, -0.25) is 0 Å². The predicted molar refractivity (Wildman–Crippen MR) is 85.8 cm³/mol. The lowest BCUT2D eigenvalue weighted by atomic mass is 10.2. The molecule has 0 aliphatic heterocycles. The van der Waals surface area contributed by atoms with Gasteiger partial charge in [0.2, 0.25) is 5.88 Å². The second-order valence-corrected chi connectivity index (χ2v) is 4.88. The lowest BCUT2D eigenvalue weighted by Crippen LogP contribution is -1.98. The van der Waals surface area contributed by atoms with E-state index in [4.69, 9.17) is 9.47 Å². The first-order chi connectivity index (χ1) is 10.9. The summed E-state index contributed by atoms with van der Waals surface area (Å²) in [5, 5.41) is 0. The average molecular weight is 291 g/mol. The standard InChI is InChI=1S/C19H17NO2/c1-3-7-16(8-4-1)14-21-18-11-12-19(20-13-18)22-15-17-9-5-2-6-10-17/h1-13H,14-15H2. The van der Waals surface area contributed by atoms with E-state index >= 15 is 0 Å². The van der Waals surface area contributed by atoms with Crippen molar-refractivity contribution in [1.82, 2.24) is 4.98 Å². The summed E-state index contributed by atoms with van der Waals surface area (Å²) in [4.78, 5) is 4.26. The normalized spacial score (nSPS) is 10.2. The molecule has 0 aliphatic rings. The Morgan fingerprint density at radius 2 is 1.23 bits per heavy atom. The Morgan fingerprint density at radius 1 is 0.636 bits per heavy atom. The molecule has 0 spiro atoms. The van der Waals surface area contributed by atoms with Gasteiger partial charge >= 0.3 is 0 Å². The Morgan fingerprint density at radius 3 is 1.77 bits per heavy atom. The third kappa shape index (κ3) is 4.09. The van der Waals surface area contributed by atoms with Crippen LogP contribution in [0.15, 0.2) is 79.0 Å². The summed E-state index contributed by atoms with van der Waals surface area (Å²) in [6.07, 6.45) is 1.68. The Labute approximate surface area is 130 Å². The number of pyridine rings is 1. The number of aromatic nitrogens is 1. The van der Waals surface area contributed by atoms with Crippen molar-refractivity contribution in [3.8, 4) is 11.6 Å². The minimum Gasteiger partial charge on any atom is -0.487 e. The molecule has 0 amide bonds. The van der Waals surface area contributed by atoms with E-state index in [-0.39, 0.29) is 0 Å². The maximum Gasteiger partial charge on any atom is 0.213 e. The molecule has 0 N–H and O–H groups in total. The highest BCUT2D eigenvalue weighted by Crippen LogP contribution is 2.16. The summed E-state index contributed by atoms with van der Waals surface area (Å²) in [6.45, 7) is 1.05. The fourth-order valence-electron chi connectivity index (χ4n) is 2.01. The lowest BCUT2D eigenvalue weighted by Gasteiger charge is -2.08. The molecule has 0 fully saturated rings. The minimum atomic E-state index is 0.512. The Hall–Kier alpha value is -2.81. The maximum absolute atomic E-state index is 5.69. The van der Waals surface area contributed by atoms with E-state index < -0.39 is 0 Å². The van der Waals surface area contributed by atoms with Crippen molar-refractivity contribution in [2.75, 3.05) is 0 Å². The van der Waals surface area contributed by atoms with Crippen LogP contribution in [0.1, 0.15) is 11.1 Å². The molecule has 0 unspecified atom stereocenters. The van der Waals surface area contributed by atoms with Crippen LogP contribution in [-0.4, -0.2) is 4.98 Å². The smallest absolute Gasteiger partial charge is 0.213 e. The molecule has 0 radical (unpaired) electrons. The summed E-state index contributed by atoms with van der Waals surface area (Å²) in [7, 11) is 0. The summed E-state index contributed by atoms with van der Waals surface area (Å²) in [5.41, 5.74) is 2.25. The van der Waals surface area contributed by atoms with Crippen molar-refractivity contribution in [3.63, 3.8) is 0 Å². The Balaban J connectivity index is 1.52. The van der Waals surface area contributed by atoms with Gasteiger partial charge < -0.3 is 9.47 Å². The van der Waals surface area contributed by atoms with Gasteiger partial charge in [-0.1, -0.05) is 60.7 Å². The molecular formula is C19H17NO2. The van der Waals surface area contributed by atoms with Gasteiger partial charge in [-0.05, 0) is 17.2 Å². The zero-order valence-electron chi connectivity index (χ0n) is 12.2. The van der Waals surface area contributed by atoms with Gasteiger partial charge in [0.1, 0.15) is 19.0 Å². The number of benzene rings is 2. The molecule has 3 heteroatoms. The highest BCUT2D eigenvalue weighted by atomic mass is 16.5. The van der Waals surface area contributed by atoms with Crippen molar-refractivity contribution in [2.24, 2.45) is 0 Å².